The molecule has 1 aliphatic carbocycles. The molecule has 1 aromatic rings. The van der Waals surface area contributed by atoms with Crippen LogP contribution in [0.4, 0.5) is 10.1 Å². The van der Waals surface area contributed by atoms with E-state index in [-0.39, 0.29) is 10.9 Å². The molecule has 0 amide bonds. The number of benzene rings is 1. The van der Waals surface area contributed by atoms with E-state index in [0.29, 0.717) is 18.2 Å². The predicted molar refractivity (Wildman–Crippen MR) is 114 cm³/mol. The monoisotopic (exact) mass is 405 g/mol. The minimum atomic E-state index is -0.204. The van der Waals surface area contributed by atoms with Crippen LogP contribution in [-0.2, 0) is 11.3 Å². The Labute approximate surface area is 171 Å². The number of methoxy groups -OCH3 is 1. The van der Waals surface area contributed by atoms with Crippen LogP contribution in [0.25, 0.3) is 0 Å². The number of piperazine rings is 1. The highest BCUT2D eigenvalue weighted by atomic mass is 32.1. The van der Waals surface area contributed by atoms with Gasteiger partial charge in [0.1, 0.15) is 11.6 Å². The molecule has 0 spiro atoms. The molecule has 1 fully saturated rings. The van der Waals surface area contributed by atoms with E-state index in [1.54, 1.807) is 13.2 Å². The Morgan fingerprint density at radius 3 is 2.79 bits per heavy atom. The van der Waals surface area contributed by atoms with Crippen LogP contribution in [0.3, 0.4) is 0 Å². The summed E-state index contributed by atoms with van der Waals surface area (Å²) in [5.41, 5.74) is 12.3. The van der Waals surface area contributed by atoms with Crippen LogP contribution in [0.5, 0.6) is 0 Å². The molecule has 6 nitrogen and oxygen atoms in total. The van der Waals surface area contributed by atoms with Gasteiger partial charge in [-0.1, -0.05) is 18.2 Å². The lowest BCUT2D eigenvalue weighted by Gasteiger charge is -2.38. The zero-order valence-electron chi connectivity index (χ0n) is 16.2. The van der Waals surface area contributed by atoms with Gasteiger partial charge in [0.05, 0.1) is 12.8 Å². The van der Waals surface area contributed by atoms with Crippen LogP contribution in [0, 0.1) is 11.7 Å². The Bertz CT molecular complexity index is 746. The molecule has 1 unspecified atom stereocenters. The molecule has 3 rings (SSSR count). The van der Waals surface area contributed by atoms with Crippen molar-refractivity contribution in [3.05, 3.63) is 53.6 Å². The Kier molecular flexibility index (Phi) is 7.24. The lowest BCUT2D eigenvalue weighted by atomic mass is 9.97. The molecule has 1 aliphatic heterocycles. The van der Waals surface area contributed by atoms with Gasteiger partial charge in [-0.15, -0.1) is 0 Å². The van der Waals surface area contributed by atoms with Gasteiger partial charge >= 0.3 is 0 Å². The van der Waals surface area contributed by atoms with Gasteiger partial charge < -0.3 is 15.4 Å². The maximum Gasteiger partial charge on any atom is 0.178 e. The number of rotatable bonds is 7. The van der Waals surface area contributed by atoms with Crippen molar-refractivity contribution in [2.45, 2.75) is 13.0 Å². The third-order valence-corrected chi connectivity index (χ3v) is 5.27. The lowest BCUT2D eigenvalue weighted by molar-refractivity contribution is 0.178. The summed E-state index contributed by atoms with van der Waals surface area (Å²) in [6.07, 6.45) is 7.29. The lowest BCUT2D eigenvalue weighted by Crippen LogP contribution is -2.48. The summed E-state index contributed by atoms with van der Waals surface area (Å²) in [4.78, 5) is 4.55. The quantitative estimate of drug-likeness (QED) is 0.473. The molecule has 0 aromatic heterocycles. The van der Waals surface area contributed by atoms with Crippen LogP contribution in [0.15, 0.2) is 42.2 Å². The predicted octanol–water partition coefficient (Wildman–Crippen LogP) is 1.89. The summed E-state index contributed by atoms with van der Waals surface area (Å²) >= 11 is 4.72. The van der Waals surface area contributed by atoms with E-state index in [1.165, 1.54) is 0 Å². The maximum atomic E-state index is 14.6. The van der Waals surface area contributed by atoms with Gasteiger partial charge in [0.2, 0.25) is 0 Å². The first kappa shape index (κ1) is 20.6. The maximum absolute atomic E-state index is 14.6. The van der Waals surface area contributed by atoms with Gasteiger partial charge in [-0.05, 0) is 42.4 Å². The fraction of sp³-hybridized carbons (Fsp3) is 0.450. The van der Waals surface area contributed by atoms with Crippen molar-refractivity contribution in [3.63, 3.8) is 0 Å². The number of allylic oxidation sites excluding steroid dienone is 3. The molecule has 1 heterocycles. The van der Waals surface area contributed by atoms with Gasteiger partial charge in [-0.3, -0.25) is 10.3 Å². The van der Waals surface area contributed by atoms with Crippen LogP contribution < -0.4 is 21.5 Å². The number of nitrogens with zero attached hydrogens (tertiary/aromatic N) is 2. The third kappa shape index (κ3) is 5.43. The van der Waals surface area contributed by atoms with Gasteiger partial charge in [-0.2, -0.15) is 0 Å². The molecular formula is C20H28FN5OS. The van der Waals surface area contributed by atoms with Gasteiger partial charge in [0.25, 0.3) is 0 Å². The van der Waals surface area contributed by atoms with E-state index in [4.69, 9.17) is 22.7 Å². The largest absolute Gasteiger partial charge is 0.501 e. The van der Waals surface area contributed by atoms with Gasteiger partial charge in [0.15, 0.2) is 5.11 Å². The summed E-state index contributed by atoms with van der Waals surface area (Å²) < 4.78 is 20.1. The number of halogens is 1. The molecule has 0 bridgehead atoms. The Morgan fingerprint density at radius 2 is 2.11 bits per heavy atom. The van der Waals surface area contributed by atoms with E-state index in [0.717, 1.165) is 50.5 Å². The van der Waals surface area contributed by atoms with Crippen LogP contribution in [0.1, 0.15) is 12.0 Å². The second kappa shape index (κ2) is 9.86. The first-order valence-electron chi connectivity index (χ1n) is 9.51. The Balaban J connectivity index is 1.51. The number of nitrogens with one attached hydrogen (secondary N) is 2. The van der Waals surface area contributed by atoms with Crippen molar-refractivity contribution in [3.8, 4) is 0 Å². The van der Waals surface area contributed by atoms with Crippen molar-refractivity contribution in [2.75, 3.05) is 44.7 Å². The summed E-state index contributed by atoms with van der Waals surface area (Å²) in [6.45, 7) is 4.86. The van der Waals surface area contributed by atoms with E-state index < -0.39 is 0 Å². The Morgan fingerprint density at radius 1 is 1.32 bits per heavy atom. The number of nitrogens with two attached hydrogens (primary N) is 1. The van der Waals surface area contributed by atoms with E-state index in [9.17, 15) is 4.39 Å². The summed E-state index contributed by atoms with van der Waals surface area (Å²) in [5.74, 6) is 1.25. The Hall–Kier alpha value is -2.16. The van der Waals surface area contributed by atoms with Crippen molar-refractivity contribution >= 4 is 23.0 Å². The van der Waals surface area contributed by atoms with Crippen LogP contribution >= 0.6 is 12.2 Å². The zero-order valence-corrected chi connectivity index (χ0v) is 17.0. The molecule has 1 saturated heterocycles. The number of anilines is 1. The van der Waals surface area contributed by atoms with Crippen LogP contribution in [-0.4, -0.2) is 49.8 Å². The van der Waals surface area contributed by atoms with E-state index >= 15 is 0 Å². The topological polar surface area (TPSA) is 65.8 Å². The molecule has 1 atom stereocenters. The van der Waals surface area contributed by atoms with Crippen molar-refractivity contribution < 1.29 is 9.13 Å². The summed E-state index contributed by atoms with van der Waals surface area (Å²) in [6, 6.07) is 5.32. The fourth-order valence-corrected chi connectivity index (χ4v) is 3.76. The average molecular weight is 406 g/mol. The van der Waals surface area contributed by atoms with Gasteiger partial charge in [-0.25, -0.2) is 9.82 Å². The SMILES string of the molecule is COC1=CC=CCC1CN1CCN(c2ccc(CNNC(N)=S)cc2F)CC1. The number of hydrogen-bond donors (Lipinski definition) is 3. The molecule has 2 aliphatic rings. The summed E-state index contributed by atoms with van der Waals surface area (Å²) in [5, 5.41) is 0.160. The summed E-state index contributed by atoms with van der Waals surface area (Å²) in [7, 11) is 1.73. The van der Waals surface area contributed by atoms with E-state index in [2.05, 4.69) is 32.8 Å². The smallest absolute Gasteiger partial charge is 0.178 e. The molecule has 152 valence electrons. The van der Waals surface area contributed by atoms with E-state index in [1.807, 2.05) is 18.2 Å². The zero-order chi connectivity index (χ0) is 19.9. The second-order valence-electron chi connectivity index (χ2n) is 7.05. The highest BCUT2D eigenvalue weighted by Crippen LogP contribution is 2.25. The van der Waals surface area contributed by atoms with Crippen molar-refractivity contribution in [1.82, 2.24) is 15.8 Å². The number of hydrogen-bond acceptors (Lipinski definition) is 5. The fourth-order valence-electron chi connectivity index (χ4n) is 3.69. The standard InChI is InChI=1S/C20H28FN5OS/c1-27-19-5-3-2-4-16(19)14-25-8-10-26(11-9-25)18-7-6-15(12-17(18)21)13-23-24-20(22)28/h2-3,5-7,12,16,23H,4,8-11,13-14H2,1H3,(H3,22,24,28). The first-order chi connectivity index (χ1) is 13.6. The number of ether oxygens (including phenoxy) is 1. The highest BCUT2D eigenvalue weighted by Gasteiger charge is 2.24. The van der Waals surface area contributed by atoms with Crippen molar-refractivity contribution in [2.24, 2.45) is 11.7 Å². The minimum absolute atomic E-state index is 0.160. The molecule has 8 heteroatoms. The molecule has 0 saturated carbocycles. The number of hydrazine groups is 1. The average Bonchev–Trinajstić information content (AvgIpc) is 2.69. The third-order valence-electron chi connectivity index (χ3n) is 5.16. The molecule has 4 N–H and O–H groups in total. The molecule has 1 aromatic carbocycles. The number of thiocarbonyl (C=S) groups is 1. The second-order valence-corrected chi connectivity index (χ2v) is 7.49. The minimum Gasteiger partial charge on any atom is -0.501 e. The van der Waals surface area contributed by atoms with Crippen molar-refractivity contribution in [1.29, 1.82) is 0 Å². The first-order valence-corrected chi connectivity index (χ1v) is 9.92. The van der Waals surface area contributed by atoms with Gasteiger partial charge in [0, 0.05) is 45.2 Å². The molecule has 0 radical (unpaired) electrons. The van der Waals surface area contributed by atoms with Crippen LogP contribution in [0.2, 0.25) is 0 Å². The highest BCUT2D eigenvalue weighted by molar-refractivity contribution is 7.80. The molecular weight excluding hydrogens is 377 g/mol. The normalized spacial score (nSPS) is 20.0. The molecule has 28 heavy (non-hydrogen) atoms.